The quantitative estimate of drug-likeness (QED) is 0.424. The number of furan rings is 1. The number of fused-ring (bicyclic) bond motifs is 1. The number of amides is 1. The summed E-state index contributed by atoms with van der Waals surface area (Å²) in [7, 11) is 0. The van der Waals surface area contributed by atoms with Crippen molar-refractivity contribution in [2.75, 3.05) is 11.5 Å². The lowest BCUT2D eigenvalue weighted by Gasteiger charge is -2.26. The molecule has 7 heteroatoms. The normalized spacial score (nSPS) is 16.0. The van der Waals surface area contributed by atoms with Gasteiger partial charge in [-0.1, -0.05) is 30.3 Å². The second-order valence-electron chi connectivity index (χ2n) is 7.50. The van der Waals surface area contributed by atoms with Gasteiger partial charge in [0.2, 0.25) is 5.78 Å². The topological polar surface area (TPSA) is 92.9 Å². The zero-order valence-corrected chi connectivity index (χ0v) is 17.8. The van der Waals surface area contributed by atoms with Crippen LogP contribution in [0.1, 0.15) is 29.2 Å². The summed E-state index contributed by atoms with van der Waals surface area (Å²) >= 11 is 0. The first-order valence-electron chi connectivity index (χ1n) is 10.5. The highest BCUT2D eigenvalue weighted by molar-refractivity contribution is 6.20. The molecule has 3 heterocycles. The molecule has 0 spiro atoms. The Morgan fingerprint density at radius 2 is 1.91 bits per heavy atom. The van der Waals surface area contributed by atoms with Crippen molar-refractivity contribution in [2.24, 2.45) is 0 Å². The van der Waals surface area contributed by atoms with Gasteiger partial charge in [0.05, 0.1) is 17.9 Å². The van der Waals surface area contributed by atoms with Gasteiger partial charge in [-0.05, 0) is 43.3 Å². The number of anilines is 1. The van der Waals surface area contributed by atoms with Gasteiger partial charge in [0.25, 0.3) is 5.91 Å². The highest BCUT2D eigenvalue weighted by atomic mass is 16.5. The van der Waals surface area contributed by atoms with E-state index >= 15 is 0 Å². The average molecular weight is 440 g/mol. The van der Waals surface area contributed by atoms with E-state index < -0.39 is 23.5 Å². The van der Waals surface area contributed by atoms with Crippen LogP contribution >= 0.6 is 0 Å². The molecule has 33 heavy (non-hydrogen) atoms. The lowest BCUT2D eigenvalue weighted by atomic mass is 9.98. The third kappa shape index (κ3) is 3.53. The number of carbonyl (C=O) groups is 2. The van der Waals surface area contributed by atoms with E-state index in [-0.39, 0.29) is 11.3 Å². The van der Waals surface area contributed by atoms with Crippen molar-refractivity contribution < 1.29 is 23.8 Å². The van der Waals surface area contributed by atoms with Crippen LogP contribution in [0, 0.1) is 0 Å². The number of ketones is 1. The Morgan fingerprint density at radius 1 is 1.09 bits per heavy atom. The molecule has 1 atom stereocenters. The fraction of sp³-hybridized carbons (Fsp3) is 0.115. The minimum atomic E-state index is -0.934. The highest BCUT2D eigenvalue weighted by Crippen LogP contribution is 2.42. The van der Waals surface area contributed by atoms with Gasteiger partial charge in [-0.2, -0.15) is 0 Å². The van der Waals surface area contributed by atoms with Crippen molar-refractivity contribution in [1.82, 2.24) is 4.98 Å². The standard InChI is InChI=1S/C26H20N2O5/c1-2-32-18-10-7-9-17(15-18)28-23(19-11-5-6-13-27-19)22(25(30)26(28)31)24(29)21-14-16-8-3-4-12-20(16)33-21/h3-15,23,30H,2H2,1H3. The number of hydrogen-bond donors (Lipinski definition) is 1. The van der Waals surface area contributed by atoms with Gasteiger partial charge in [0.15, 0.2) is 11.5 Å². The summed E-state index contributed by atoms with van der Waals surface area (Å²) in [6.45, 7) is 2.32. The summed E-state index contributed by atoms with van der Waals surface area (Å²) in [4.78, 5) is 32.5. The third-order valence-electron chi connectivity index (χ3n) is 5.48. The van der Waals surface area contributed by atoms with Crippen LogP contribution < -0.4 is 9.64 Å². The van der Waals surface area contributed by atoms with Crippen LogP contribution in [0.5, 0.6) is 5.75 Å². The van der Waals surface area contributed by atoms with Gasteiger partial charge in [0.1, 0.15) is 17.4 Å². The molecule has 5 rings (SSSR count). The van der Waals surface area contributed by atoms with Crippen molar-refractivity contribution in [2.45, 2.75) is 13.0 Å². The molecule has 164 valence electrons. The summed E-state index contributed by atoms with van der Waals surface area (Å²) in [5.74, 6) is -1.29. The van der Waals surface area contributed by atoms with Crippen molar-refractivity contribution >= 4 is 28.3 Å². The van der Waals surface area contributed by atoms with E-state index in [0.717, 1.165) is 5.39 Å². The highest BCUT2D eigenvalue weighted by Gasteiger charge is 2.46. The van der Waals surface area contributed by atoms with Crippen LogP contribution in [0.2, 0.25) is 0 Å². The first kappa shape index (κ1) is 20.5. The molecule has 2 aromatic carbocycles. The Morgan fingerprint density at radius 3 is 2.67 bits per heavy atom. The minimum absolute atomic E-state index is 0.0383. The second-order valence-corrected chi connectivity index (χ2v) is 7.50. The van der Waals surface area contributed by atoms with Gasteiger partial charge in [-0.25, -0.2) is 0 Å². The molecular formula is C26H20N2O5. The van der Waals surface area contributed by atoms with Gasteiger partial charge in [-0.15, -0.1) is 0 Å². The molecule has 4 aromatic rings. The van der Waals surface area contributed by atoms with E-state index in [0.29, 0.717) is 29.3 Å². The number of ether oxygens (including phenoxy) is 1. The number of aromatic nitrogens is 1. The molecule has 0 radical (unpaired) electrons. The smallest absolute Gasteiger partial charge is 0.294 e. The molecule has 1 amide bonds. The number of benzene rings is 2. The van der Waals surface area contributed by atoms with E-state index in [1.807, 2.05) is 19.1 Å². The van der Waals surface area contributed by atoms with Crippen LogP contribution in [0.4, 0.5) is 5.69 Å². The Hall–Kier alpha value is -4.39. The van der Waals surface area contributed by atoms with Gasteiger partial charge >= 0.3 is 0 Å². The monoisotopic (exact) mass is 440 g/mol. The van der Waals surface area contributed by atoms with Crippen molar-refractivity contribution in [1.29, 1.82) is 0 Å². The average Bonchev–Trinajstić information content (AvgIpc) is 3.39. The molecule has 1 aliphatic rings. The fourth-order valence-electron chi connectivity index (χ4n) is 4.04. The summed E-state index contributed by atoms with van der Waals surface area (Å²) in [6, 6.07) is 20.0. The number of nitrogens with zero attached hydrogens (tertiary/aromatic N) is 2. The molecule has 1 unspecified atom stereocenters. The lowest BCUT2D eigenvalue weighted by Crippen LogP contribution is -2.31. The molecule has 1 N–H and O–H groups in total. The van der Waals surface area contributed by atoms with Crippen molar-refractivity contribution in [3.05, 3.63) is 102 Å². The first-order valence-corrected chi connectivity index (χ1v) is 10.5. The van der Waals surface area contributed by atoms with Crippen LogP contribution in [0.15, 0.2) is 94.7 Å². The molecule has 1 aliphatic heterocycles. The van der Waals surface area contributed by atoms with E-state index in [4.69, 9.17) is 9.15 Å². The summed E-state index contributed by atoms with van der Waals surface area (Å²) in [5, 5.41) is 11.6. The number of hydrogen-bond acceptors (Lipinski definition) is 6. The number of para-hydroxylation sites is 1. The van der Waals surface area contributed by atoms with Crippen LogP contribution in [0.3, 0.4) is 0 Å². The Kier molecular flexibility index (Phi) is 5.14. The Balaban J connectivity index is 1.64. The molecule has 2 aromatic heterocycles. The maximum Gasteiger partial charge on any atom is 0.294 e. The molecule has 7 nitrogen and oxygen atoms in total. The zero-order valence-electron chi connectivity index (χ0n) is 17.8. The summed E-state index contributed by atoms with van der Waals surface area (Å²) in [5.41, 5.74) is 1.37. The van der Waals surface area contributed by atoms with E-state index in [9.17, 15) is 14.7 Å². The SMILES string of the molecule is CCOc1cccc(N2C(=O)C(O)=C(C(=O)c3cc4ccccc4o3)C2c2ccccn2)c1. The van der Waals surface area contributed by atoms with Gasteiger partial charge < -0.3 is 14.3 Å². The number of aliphatic hydroxyl groups excluding tert-OH is 1. The van der Waals surface area contributed by atoms with Gasteiger partial charge in [-0.3, -0.25) is 19.5 Å². The number of aliphatic hydroxyl groups is 1. The molecule has 0 saturated heterocycles. The van der Waals surface area contributed by atoms with E-state index in [1.54, 1.807) is 66.9 Å². The molecular weight excluding hydrogens is 420 g/mol. The largest absolute Gasteiger partial charge is 0.503 e. The molecule has 0 fully saturated rings. The molecule has 0 bridgehead atoms. The van der Waals surface area contributed by atoms with Crippen LogP contribution in [0.25, 0.3) is 11.0 Å². The Bertz CT molecular complexity index is 1360. The second kappa shape index (κ2) is 8.27. The predicted octanol–water partition coefficient (Wildman–Crippen LogP) is 5.01. The first-order chi connectivity index (χ1) is 16.1. The van der Waals surface area contributed by atoms with E-state index in [2.05, 4.69) is 4.98 Å². The maximum absolute atomic E-state index is 13.6. The number of pyridine rings is 1. The Labute approximate surface area is 189 Å². The number of rotatable bonds is 6. The maximum atomic E-state index is 13.6. The minimum Gasteiger partial charge on any atom is -0.503 e. The van der Waals surface area contributed by atoms with E-state index in [1.165, 1.54) is 4.90 Å². The molecule has 0 saturated carbocycles. The third-order valence-corrected chi connectivity index (χ3v) is 5.48. The van der Waals surface area contributed by atoms with Crippen molar-refractivity contribution in [3.63, 3.8) is 0 Å². The molecule has 0 aliphatic carbocycles. The van der Waals surface area contributed by atoms with Crippen LogP contribution in [-0.2, 0) is 4.79 Å². The summed E-state index contributed by atoms with van der Waals surface area (Å²) < 4.78 is 11.3. The van der Waals surface area contributed by atoms with Gasteiger partial charge in [0, 0.05) is 23.3 Å². The fourth-order valence-corrected chi connectivity index (χ4v) is 4.04. The van der Waals surface area contributed by atoms with Crippen molar-refractivity contribution in [3.8, 4) is 5.75 Å². The lowest BCUT2D eigenvalue weighted by molar-refractivity contribution is -0.117. The van der Waals surface area contributed by atoms with Crippen LogP contribution in [-0.4, -0.2) is 28.4 Å². The zero-order chi connectivity index (χ0) is 22.9. The summed E-state index contributed by atoms with van der Waals surface area (Å²) in [6.07, 6.45) is 1.58. The number of Topliss-reactive ketones (excluding diaryl/α,β-unsaturated/α-hetero) is 1. The predicted molar refractivity (Wildman–Crippen MR) is 122 cm³/mol. The number of carbonyl (C=O) groups excluding carboxylic acids is 2.